The fraction of sp³-hybridized carbons (Fsp3) is 0.733. The summed E-state index contributed by atoms with van der Waals surface area (Å²) in [7, 11) is 0. The SMILES string of the molecule is CC(c1ccco1)N1CCCN2CCCCC2C1. The summed E-state index contributed by atoms with van der Waals surface area (Å²) in [6.45, 7) is 7.29. The molecular formula is C15H24N2O. The number of fused-ring (bicyclic) bond motifs is 1. The Balaban J connectivity index is 1.69. The molecule has 2 saturated heterocycles. The van der Waals surface area contributed by atoms with E-state index in [1.807, 2.05) is 6.07 Å². The van der Waals surface area contributed by atoms with Gasteiger partial charge in [0, 0.05) is 19.1 Å². The van der Waals surface area contributed by atoms with Gasteiger partial charge < -0.3 is 4.42 Å². The van der Waals surface area contributed by atoms with E-state index in [1.165, 1.54) is 51.9 Å². The Morgan fingerprint density at radius 1 is 1.22 bits per heavy atom. The summed E-state index contributed by atoms with van der Waals surface area (Å²) in [5.74, 6) is 1.11. The van der Waals surface area contributed by atoms with Gasteiger partial charge in [-0.15, -0.1) is 0 Å². The predicted molar refractivity (Wildman–Crippen MR) is 72.5 cm³/mol. The van der Waals surface area contributed by atoms with E-state index in [1.54, 1.807) is 6.26 Å². The second-order valence-electron chi connectivity index (χ2n) is 5.73. The maximum absolute atomic E-state index is 5.57. The van der Waals surface area contributed by atoms with Crippen LogP contribution in [0, 0.1) is 0 Å². The molecule has 2 unspecified atom stereocenters. The number of rotatable bonds is 2. The van der Waals surface area contributed by atoms with Crippen LogP contribution in [0.5, 0.6) is 0 Å². The molecule has 0 radical (unpaired) electrons. The summed E-state index contributed by atoms with van der Waals surface area (Å²) in [5, 5.41) is 0. The standard InChI is InChI=1S/C15H24N2O/c1-13(15-7-4-11-18-15)17-10-5-9-16-8-3-2-6-14(16)12-17/h4,7,11,13-14H,2-3,5-6,8-10,12H2,1H3. The van der Waals surface area contributed by atoms with Crippen LogP contribution >= 0.6 is 0 Å². The largest absolute Gasteiger partial charge is 0.468 e. The average molecular weight is 248 g/mol. The fourth-order valence-electron chi connectivity index (χ4n) is 3.46. The number of hydrogen-bond donors (Lipinski definition) is 0. The molecule has 2 aliphatic heterocycles. The number of piperidine rings is 1. The van der Waals surface area contributed by atoms with Crippen molar-refractivity contribution in [3.05, 3.63) is 24.2 Å². The molecule has 2 fully saturated rings. The van der Waals surface area contributed by atoms with Crippen molar-refractivity contribution in [3.63, 3.8) is 0 Å². The first kappa shape index (κ1) is 12.2. The lowest BCUT2D eigenvalue weighted by molar-refractivity contribution is 0.117. The van der Waals surface area contributed by atoms with E-state index in [0.29, 0.717) is 6.04 Å². The molecule has 3 heterocycles. The van der Waals surface area contributed by atoms with Crippen molar-refractivity contribution in [2.75, 3.05) is 26.2 Å². The highest BCUT2D eigenvalue weighted by Gasteiger charge is 2.29. The van der Waals surface area contributed by atoms with Gasteiger partial charge in [-0.25, -0.2) is 0 Å². The Morgan fingerprint density at radius 3 is 2.94 bits per heavy atom. The van der Waals surface area contributed by atoms with Gasteiger partial charge in [0.15, 0.2) is 0 Å². The van der Waals surface area contributed by atoms with Gasteiger partial charge in [-0.2, -0.15) is 0 Å². The third kappa shape index (κ3) is 2.47. The Labute approximate surface area is 110 Å². The molecule has 100 valence electrons. The normalized spacial score (nSPS) is 28.6. The second-order valence-corrected chi connectivity index (χ2v) is 5.73. The lowest BCUT2D eigenvalue weighted by atomic mass is 10.0. The highest BCUT2D eigenvalue weighted by atomic mass is 16.3. The van der Waals surface area contributed by atoms with Crippen LogP contribution in [-0.4, -0.2) is 42.0 Å². The van der Waals surface area contributed by atoms with Gasteiger partial charge in [0.1, 0.15) is 5.76 Å². The predicted octanol–water partition coefficient (Wildman–Crippen LogP) is 2.90. The van der Waals surface area contributed by atoms with Crippen molar-refractivity contribution in [3.8, 4) is 0 Å². The first-order valence-corrected chi connectivity index (χ1v) is 7.36. The van der Waals surface area contributed by atoms with Gasteiger partial charge in [-0.05, 0) is 51.4 Å². The molecule has 0 amide bonds. The second kappa shape index (κ2) is 5.45. The van der Waals surface area contributed by atoms with Gasteiger partial charge in [0.05, 0.1) is 12.3 Å². The van der Waals surface area contributed by atoms with E-state index in [-0.39, 0.29) is 0 Å². The van der Waals surface area contributed by atoms with Gasteiger partial charge in [0.2, 0.25) is 0 Å². The number of furan rings is 1. The molecule has 18 heavy (non-hydrogen) atoms. The van der Waals surface area contributed by atoms with Crippen LogP contribution in [0.3, 0.4) is 0 Å². The quantitative estimate of drug-likeness (QED) is 0.802. The summed E-state index contributed by atoms with van der Waals surface area (Å²) in [4.78, 5) is 5.31. The molecule has 2 aliphatic rings. The highest BCUT2D eigenvalue weighted by molar-refractivity contribution is 5.04. The van der Waals surface area contributed by atoms with Crippen LogP contribution in [-0.2, 0) is 0 Å². The van der Waals surface area contributed by atoms with Crippen LogP contribution in [0.15, 0.2) is 22.8 Å². The Morgan fingerprint density at radius 2 is 2.11 bits per heavy atom. The molecular weight excluding hydrogens is 224 g/mol. The zero-order valence-corrected chi connectivity index (χ0v) is 11.3. The molecule has 1 aromatic heterocycles. The monoisotopic (exact) mass is 248 g/mol. The summed E-state index contributed by atoms with van der Waals surface area (Å²) >= 11 is 0. The van der Waals surface area contributed by atoms with Gasteiger partial charge in [-0.3, -0.25) is 9.80 Å². The van der Waals surface area contributed by atoms with Gasteiger partial charge in [-0.1, -0.05) is 6.42 Å². The third-order valence-electron chi connectivity index (χ3n) is 4.59. The molecule has 3 heteroatoms. The molecule has 0 N–H and O–H groups in total. The molecule has 3 nitrogen and oxygen atoms in total. The Kier molecular flexibility index (Phi) is 3.71. The van der Waals surface area contributed by atoms with Crippen LogP contribution in [0.1, 0.15) is 44.4 Å². The van der Waals surface area contributed by atoms with Gasteiger partial charge in [0.25, 0.3) is 0 Å². The van der Waals surface area contributed by atoms with Crippen molar-refractivity contribution in [2.45, 2.75) is 44.7 Å². The van der Waals surface area contributed by atoms with Crippen molar-refractivity contribution in [2.24, 2.45) is 0 Å². The molecule has 0 aromatic carbocycles. The lowest BCUT2D eigenvalue weighted by Crippen LogP contribution is -2.44. The number of hydrogen-bond acceptors (Lipinski definition) is 3. The van der Waals surface area contributed by atoms with Crippen LogP contribution in [0.4, 0.5) is 0 Å². The molecule has 2 atom stereocenters. The summed E-state index contributed by atoms with van der Waals surface area (Å²) < 4.78 is 5.57. The zero-order chi connectivity index (χ0) is 12.4. The van der Waals surface area contributed by atoms with Crippen molar-refractivity contribution in [1.82, 2.24) is 9.80 Å². The number of nitrogens with zero attached hydrogens (tertiary/aromatic N) is 2. The first-order chi connectivity index (χ1) is 8.84. The van der Waals surface area contributed by atoms with E-state index in [9.17, 15) is 0 Å². The van der Waals surface area contributed by atoms with E-state index < -0.39 is 0 Å². The summed E-state index contributed by atoms with van der Waals surface area (Å²) in [6, 6.07) is 5.30. The summed E-state index contributed by atoms with van der Waals surface area (Å²) in [5.41, 5.74) is 0. The van der Waals surface area contributed by atoms with Crippen LogP contribution in [0.2, 0.25) is 0 Å². The fourth-order valence-corrected chi connectivity index (χ4v) is 3.46. The minimum atomic E-state index is 0.418. The zero-order valence-electron chi connectivity index (χ0n) is 11.3. The summed E-state index contributed by atoms with van der Waals surface area (Å²) in [6.07, 6.45) is 7.26. The van der Waals surface area contributed by atoms with Crippen molar-refractivity contribution >= 4 is 0 Å². The minimum Gasteiger partial charge on any atom is -0.468 e. The average Bonchev–Trinajstić information content (AvgIpc) is 2.84. The maximum atomic E-state index is 5.57. The first-order valence-electron chi connectivity index (χ1n) is 7.36. The van der Waals surface area contributed by atoms with Crippen molar-refractivity contribution in [1.29, 1.82) is 0 Å². The third-order valence-corrected chi connectivity index (χ3v) is 4.59. The minimum absolute atomic E-state index is 0.418. The molecule has 0 saturated carbocycles. The smallest absolute Gasteiger partial charge is 0.120 e. The molecule has 0 bridgehead atoms. The van der Waals surface area contributed by atoms with E-state index in [0.717, 1.165) is 11.8 Å². The Hall–Kier alpha value is -0.800. The van der Waals surface area contributed by atoms with Crippen LogP contribution in [0.25, 0.3) is 0 Å². The van der Waals surface area contributed by atoms with Crippen molar-refractivity contribution < 1.29 is 4.42 Å². The van der Waals surface area contributed by atoms with E-state index in [2.05, 4.69) is 22.8 Å². The lowest BCUT2D eigenvalue weighted by Gasteiger charge is -2.36. The highest BCUT2D eigenvalue weighted by Crippen LogP contribution is 2.27. The molecule has 0 aliphatic carbocycles. The molecule has 0 spiro atoms. The Bertz CT molecular complexity index is 363. The van der Waals surface area contributed by atoms with Crippen LogP contribution < -0.4 is 0 Å². The van der Waals surface area contributed by atoms with E-state index >= 15 is 0 Å². The topological polar surface area (TPSA) is 19.6 Å². The van der Waals surface area contributed by atoms with Gasteiger partial charge >= 0.3 is 0 Å². The van der Waals surface area contributed by atoms with E-state index in [4.69, 9.17) is 4.42 Å². The molecule has 3 rings (SSSR count). The molecule has 1 aromatic rings. The maximum Gasteiger partial charge on any atom is 0.120 e.